The summed E-state index contributed by atoms with van der Waals surface area (Å²) in [5, 5.41) is 3.02. The number of aryl methyl sites for hydroxylation is 2. The Morgan fingerprint density at radius 3 is 2.43 bits per heavy atom. The fourth-order valence-corrected chi connectivity index (χ4v) is 3.51. The van der Waals surface area contributed by atoms with Crippen molar-refractivity contribution in [2.75, 3.05) is 44.2 Å². The second-order valence-electron chi connectivity index (χ2n) is 7.39. The summed E-state index contributed by atoms with van der Waals surface area (Å²) < 4.78 is 5.78. The molecule has 0 spiro atoms. The summed E-state index contributed by atoms with van der Waals surface area (Å²) in [6.45, 7) is 10.8. The Bertz CT molecular complexity index is 798. The van der Waals surface area contributed by atoms with Gasteiger partial charge in [-0.15, -0.1) is 0 Å². The molecular weight excluding hydrogens is 350 g/mol. The molecule has 0 aliphatic carbocycles. The number of urea groups is 1. The summed E-state index contributed by atoms with van der Waals surface area (Å²) in [6.07, 6.45) is 0.794. The molecule has 1 fully saturated rings. The first kappa shape index (κ1) is 20.1. The van der Waals surface area contributed by atoms with E-state index in [-0.39, 0.29) is 6.03 Å². The predicted octanol–water partition coefficient (Wildman–Crippen LogP) is 3.91. The fraction of sp³-hybridized carbons (Fsp3) is 0.435. The Balaban J connectivity index is 1.37. The predicted molar refractivity (Wildman–Crippen MR) is 114 cm³/mol. The molecule has 1 aliphatic heterocycles. The zero-order chi connectivity index (χ0) is 19.9. The highest BCUT2D eigenvalue weighted by Gasteiger charge is 2.22. The third-order valence-corrected chi connectivity index (χ3v) is 5.43. The number of nitrogens with zero attached hydrogens (tertiary/aromatic N) is 2. The Labute approximate surface area is 168 Å². The molecule has 1 heterocycles. The molecule has 1 saturated heterocycles. The van der Waals surface area contributed by atoms with Crippen LogP contribution in [0.3, 0.4) is 0 Å². The van der Waals surface area contributed by atoms with Crippen molar-refractivity contribution in [3.8, 4) is 5.75 Å². The molecule has 0 radical (unpaired) electrons. The number of ether oxygens (including phenoxy) is 1. The highest BCUT2D eigenvalue weighted by molar-refractivity contribution is 5.74. The molecule has 1 N–H and O–H groups in total. The number of rotatable bonds is 6. The van der Waals surface area contributed by atoms with Gasteiger partial charge in [0, 0.05) is 38.4 Å². The van der Waals surface area contributed by atoms with Gasteiger partial charge in [-0.1, -0.05) is 30.3 Å². The Morgan fingerprint density at radius 2 is 1.68 bits per heavy atom. The van der Waals surface area contributed by atoms with Crippen molar-refractivity contribution in [2.24, 2.45) is 0 Å². The molecule has 0 unspecified atom stereocenters. The maximum atomic E-state index is 12.4. The van der Waals surface area contributed by atoms with E-state index in [2.05, 4.69) is 42.3 Å². The summed E-state index contributed by atoms with van der Waals surface area (Å²) in [7, 11) is 0. The molecule has 1 aliphatic rings. The Morgan fingerprint density at radius 1 is 0.964 bits per heavy atom. The van der Waals surface area contributed by atoms with Crippen molar-refractivity contribution < 1.29 is 9.53 Å². The van der Waals surface area contributed by atoms with E-state index in [9.17, 15) is 4.79 Å². The lowest BCUT2D eigenvalue weighted by molar-refractivity contribution is 0.193. The van der Waals surface area contributed by atoms with Crippen LogP contribution in [0.1, 0.15) is 23.1 Å². The summed E-state index contributed by atoms with van der Waals surface area (Å²) in [6, 6.07) is 14.4. The summed E-state index contributed by atoms with van der Waals surface area (Å²) in [5.74, 6) is 0.913. The third-order valence-electron chi connectivity index (χ3n) is 5.43. The topological polar surface area (TPSA) is 44.8 Å². The first-order chi connectivity index (χ1) is 13.6. The highest BCUT2D eigenvalue weighted by atomic mass is 16.5. The largest absolute Gasteiger partial charge is 0.493 e. The van der Waals surface area contributed by atoms with Gasteiger partial charge in [-0.3, -0.25) is 0 Å². The summed E-state index contributed by atoms with van der Waals surface area (Å²) in [4.78, 5) is 16.7. The number of carbonyl (C=O) groups is 1. The van der Waals surface area contributed by atoms with Gasteiger partial charge in [0.05, 0.1) is 6.61 Å². The molecule has 0 atom stereocenters. The lowest BCUT2D eigenvalue weighted by atomic mass is 10.1. The van der Waals surface area contributed by atoms with Crippen LogP contribution < -0.4 is 15.0 Å². The lowest BCUT2D eigenvalue weighted by Gasteiger charge is -2.37. The van der Waals surface area contributed by atoms with Gasteiger partial charge in [-0.25, -0.2) is 4.79 Å². The molecule has 2 amide bonds. The molecule has 0 saturated carbocycles. The fourth-order valence-electron chi connectivity index (χ4n) is 3.51. The van der Waals surface area contributed by atoms with E-state index in [1.165, 1.54) is 16.8 Å². The van der Waals surface area contributed by atoms with E-state index in [0.717, 1.165) is 43.9 Å². The summed E-state index contributed by atoms with van der Waals surface area (Å²) >= 11 is 0. The first-order valence-electron chi connectivity index (χ1n) is 10.1. The van der Waals surface area contributed by atoms with Gasteiger partial charge < -0.3 is 19.9 Å². The zero-order valence-electron chi connectivity index (χ0n) is 17.2. The van der Waals surface area contributed by atoms with Crippen LogP contribution in [-0.2, 0) is 0 Å². The van der Waals surface area contributed by atoms with Crippen LogP contribution in [0.2, 0.25) is 0 Å². The van der Waals surface area contributed by atoms with Gasteiger partial charge in [-0.2, -0.15) is 0 Å². The minimum absolute atomic E-state index is 0.0245. The van der Waals surface area contributed by atoms with Gasteiger partial charge in [0.15, 0.2) is 0 Å². The van der Waals surface area contributed by atoms with E-state index >= 15 is 0 Å². The highest BCUT2D eigenvalue weighted by Crippen LogP contribution is 2.23. The third kappa shape index (κ3) is 4.97. The standard InChI is InChI=1S/C23H31N3O2/c1-18-9-6-10-21(20(18)3)25-13-15-26(16-14-25)23(27)24-12-7-17-28-22-11-5-4-8-19(22)2/h4-6,8-11H,7,12-17H2,1-3H3,(H,24,27). The number of para-hydroxylation sites is 1. The number of nitrogens with one attached hydrogen (secondary N) is 1. The average molecular weight is 382 g/mol. The number of hydrogen-bond donors (Lipinski definition) is 1. The Hall–Kier alpha value is -2.69. The van der Waals surface area contributed by atoms with Gasteiger partial charge in [-0.05, 0) is 56.0 Å². The monoisotopic (exact) mass is 381 g/mol. The molecular formula is C23H31N3O2. The quantitative estimate of drug-likeness (QED) is 0.772. The van der Waals surface area contributed by atoms with Gasteiger partial charge in [0.2, 0.25) is 0 Å². The maximum absolute atomic E-state index is 12.4. The molecule has 2 aromatic rings. The van der Waals surface area contributed by atoms with Crippen LogP contribution in [0, 0.1) is 20.8 Å². The average Bonchev–Trinajstić information content (AvgIpc) is 2.71. The SMILES string of the molecule is Cc1ccccc1OCCCNC(=O)N1CCN(c2cccc(C)c2C)CC1. The van der Waals surface area contributed by atoms with E-state index < -0.39 is 0 Å². The van der Waals surface area contributed by atoms with Crippen molar-refractivity contribution >= 4 is 11.7 Å². The number of carbonyl (C=O) groups excluding carboxylic acids is 1. The number of anilines is 1. The molecule has 2 aromatic carbocycles. The van der Waals surface area contributed by atoms with Gasteiger partial charge >= 0.3 is 6.03 Å². The molecule has 3 rings (SSSR count). The van der Waals surface area contributed by atoms with Crippen LogP contribution in [0.15, 0.2) is 42.5 Å². The molecule has 150 valence electrons. The first-order valence-corrected chi connectivity index (χ1v) is 10.1. The normalized spacial score (nSPS) is 14.1. The number of piperazine rings is 1. The molecule has 5 nitrogen and oxygen atoms in total. The van der Waals surface area contributed by atoms with Crippen LogP contribution >= 0.6 is 0 Å². The molecule has 0 bridgehead atoms. The van der Waals surface area contributed by atoms with Gasteiger partial charge in [0.1, 0.15) is 5.75 Å². The van der Waals surface area contributed by atoms with Crippen LogP contribution in [0.25, 0.3) is 0 Å². The van der Waals surface area contributed by atoms with Crippen molar-refractivity contribution in [1.82, 2.24) is 10.2 Å². The van der Waals surface area contributed by atoms with Crippen LogP contribution in [0.5, 0.6) is 5.75 Å². The minimum Gasteiger partial charge on any atom is -0.493 e. The molecule has 5 heteroatoms. The van der Waals surface area contributed by atoms with Crippen LogP contribution in [0.4, 0.5) is 10.5 Å². The minimum atomic E-state index is 0.0245. The number of benzene rings is 2. The van der Waals surface area contributed by atoms with E-state index in [1.54, 1.807) is 0 Å². The van der Waals surface area contributed by atoms with E-state index in [1.807, 2.05) is 36.1 Å². The second-order valence-corrected chi connectivity index (χ2v) is 7.39. The van der Waals surface area contributed by atoms with Crippen LogP contribution in [-0.4, -0.2) is 50.3 Å². The zero-order valence-corrected chi connectivity index (χ0v) is 17.2. The second kappa shape index (κ2) is 9.49. The maximum Gasteiger partial charge on any atom is 0.317 e. The number of hydrogen-bond acceptors (Lipinski definition) is 3. The van der Waals surface area contributed by atoms with Crippen molar-refractivity contribution in [2.45, 2.75) is 27.2 Å². The van der Waals surface area contributed by atoms with Crippen molar-refractivity contribution in [3.63, 3.8) is 0 Å². The van der Waals surface area contributed by atoms with E-state index in [4.69, 9.17) is 4.74 Å². The Kier molecular flexibility index (Phi) is 6.80. The van der Waals surface area contributed by atoms with Crippen molar-refractivity contribution in [3.05, 3.63) is 59.2 Å². The van der Waals surface area contributed by atoms with Gasteiger partial charge in [0.25, 0.3) is 0 Å². The summed E-state index contributed by atoms with van der Waals surface area (Å²) in [5.41, 5.74) is 5.06. The lowest BCUT2D eigenvalue weighted by Crippen LogP contribution is -2.52. The smallest absolute Gasteiger partial charge is 0.317 e. The molecule has 28 heavy (non-hydrogen) atoms. The number of amides is 2. The molecule has 0 aromatic heterocycles. The van der Waals surface area contributed by atoms with Crippen molar-refractivity contribution in [1.29, 1.82) is 0 Å². The van der Waals surface area contributed by atoms with E-state index in [0.29, 0.717) is 13.2 Å².